The van der Waals surface area contributed by atoms with E-state index >= 15 is 0 Å². The predicted molar refractivity (Wildman–Crippen MR) is 72.5 cm³/mol. The zero-order chi connectivity index (χ0) is 13.1. The number of aromatic nitrogens is 1. The second kappa shape index (κ2) is 5.18. The Kier molecular flexibility index (Phi) is 3.62. The molecule has 0 fully saturated rings. The molecule has 92 valence electrons. The first-order valence-corrected chi connectivity index (χ1v) is 6.11. The van der Waals surface area contributed by atoms with Gasteiger partial charge in [-0.2, -0.15) is 0 Å². The first-order chi connectivity index (χ1) is 8.58. The second-order valence-corrected chi connectivity index (χ2v) is 4.70. The number of hydrogen-bond donors (Lipinski definition) is 1. The summed E-state index contributed by atoms with van der Waals surface area (Å²) in [6, 6.07) is 10.4. The standard InChI is InChI=1S/C13H11BrN2O2/c14-11-2-1-7-16(13(11)18)8-9-3-5-10(6-4-9)12(15)17/h1-7H,8H2,(H2,15,17). The summed E-state index contributed by atoms with van der Waals surface area (Å²) in [5, 5.41) is 0. The topological polar surface area (TPSA) is 65.1 Å². The number of primary amides is 1. The van der Waals surface area contributed by atoms with E-state index in [-0.39, 0.29) is 5.56 Å². The van der Waals surface area contributed by atoms with E-state index in [1.54, 1.807) is 47.2 Å². The number of pyridine rings is 1. The Labute approximate surface area is 112 Å². The SMILES string of the molecule is NC(=O)c1ccc(Cn2cccc(Br)c2=O)cc1. The smallest absolute Gasteiger partial charge is 0.265 e. The third-order valence-corrected chi connectivity index (χ3v) is 3.17. The number of benzene rings is 1. The molecule has 0 spiro atoms. The molecule has 0 aliphatic carbocycles. The van der Waals surface area contributed by atoms with Crippen molar-refractivity contribution in [2.75, 3.05) is 0 Å². The number of rotatable bonds is 3. The molecule has 2 N–H and O–H groups in total. The fourth-order valence-corrected chi connectivity index (χ4v) is 1.98. The van der Waals surface area contributed by atoms with E-state index in [4.69, 9.17) is 5.73 Å². The van der Waals surface area contributed by atoms with Gasteiger partial charge in [0.15, 0.2) is 0 Å². The van der Waals surface area contributed by atoms with Gasteiger partial charge in [-0.05, 0) is 45.8 Å². The fourth-order valence-electron chi connectivity index (χ4n) is 1.60. The number of amides is 1. The van der Waals surface area contributed by atoms with Crippen molar-refractivity contribution < 1.29 is 4.79 Å². The van der Waals surface area contributed by atoms with Crippen molar-refractivity contribution in [3.05, 3.63) is 68.5 Å². The summed E-state index contributed by atoms with van der Waals surface area (Å²) in [5.41, 5.74) is 6.46. The third-order valence-electron chi connectivity index (χ3n) is 2.57. The van der Waals surface area contributed by atoms with Crippen LogP contribution in [0, 0.1) is 0 Å². The van der Waals surface area contributed by atoms with Crippen LogP contribution in [0.3, 0.4) is 0 Å². The van der Waals surface area contributed by atoms with Gasteiger partial charge in [0.05, 0.1) is 11.0 Å². The van der Waals surface area contributed by atoms with Crippen LogP contribution in [0.1, 0.15) is 15.9 Å². The Morgan fingerprint density at radius 3 is 2.50 bits per heavy atom. The molecule has 0 unspecified atom stereocenters. The van der Waals surface area contributed by atoms with Crippen molar-refractivity contribution in [2.24, 2.45) is 5.73 Å². The van der Waals surface area contributed by atoms with Gasteiger partial charge in [0.2, 0.25) is 5.91 Å². The number of carbonyl (C=O) groups excluding carboxylic acids is 1. The number of nitrogens with two attached hydrogens (primary N) is 1. The van der Waals surface area contributed by atoms with Gasteiger partial charge in [0.25, 0.3) is 5.56 Å². The van der Waals surface area contributed by atoms with Gasteiger partial charge < -0.3 is 10.3 Å². The normalized spacial score (nSPS) is 10.3. The van der Waals surface area contributed by atoms with E-state index in [0.29, 0.717) is 16.6 Å². The van der Waals surface area contributed by atoms with Crippen molar-refractivity contribution >= 4 is 21.8 Å². The van der Waals surface area contributed by atoms with E-state index in [1.165, 1.54) is 0 Å². The van der Waals surface area contributed by atoms with Gasteiger partial charge in [-0.3, -0.25) is 9.59 Å². The molecule has 0 atom stereocenters. The average molecular weight is 307 g/mol. The van der Waals surface area contributed by atoms with E-state index in [9.17, 15) is 9.59 Å². The molecule has 0 radical (unpaired) electrons. The lowest BCUT2D eigenvalue weighted by Crippen LogP contribution is -2.20. The summed E-state index contributed by atoms with van der Waals surface area (Å²) in [7, 11) is 0. The Hall–Kier alpha value is -1.88. The van der Waals surface area contributed by atoms with Crippen LogP contribution in [0.25, 0.3) is 0 Å². The largest absolute Gasteiger partial charge is 0.366 e. The maximum Gasteiger partial charge on any atom is 0.265 e. The van der Waals surface area contributed by atoms with Crippen LogP contribution >= 0.6 is 15.9 Å². The van der Waals surface area contributed by atoms with Crippen LogP contribution in [0.4, 0.5) is 0 Å². The molecule has 1 aromatic carbocycles. The Morgan fingerprint density at radius 2 is 1.89 bits per heavy atom. The molecule has 0 saturated carbocycles. The minimum atomic E-state index is -0.457. The summed E-state index contributed by atoms with van der Waals surface area (Å²) < 4.78 is 2.11. The van der Waals surface area contributed by atoms with Crippen molar-refractivity contribution in [3.8, 4) is 0 Å². The zero-order valence-corrected chi connectivity index (χ0v) is 11.1. The number of halogens is 1. The highest BCUT2D eigenvalue weighted by Crippen LogP contribution is 2.07. The summed E-state index contributed by atoms with van der Waals surface area (Å²) in [5.74, 6) is -0.457. The Balaban J connectivity index is 2.26. The first kappa shape index (κ1) is 12.6. The lowest BCUT2D eigenvalue weighted by molar-refractivity contribution is 0.100. The van der Waals surface area contributed by atoms with E-state index in [0.717, 1.165) is 5.56 Å². The molecule has 0 aliphatic rings. The Bertz CT molecular complexity index is 632. The minimum absolute atomic E-state index is 0.0866. The fraction of sp³-hybridized carbons (Fsp3) is 0.0769. The predicted octanol–water partition coefficient (Wildman–Crippen LogP) is 1.76. The van der Waals surface area contributed by atoms with Gasteiger partial charge >= 0.3 is 0 Å². The van der Waals surface area contributed by atoms with Crippen molar-refractivity contribution in [3.63, 3.8) is 0 Å². The van der Waals surface area contributed by atoms with Crippen LogP contribution < -0.4 is 11.3 Å². The molecule has 1 amide bonds. The average Bonchev–Trinajstić information content (AvgIpc) is 2.36. The van der Waals surface area contributed by atoms with Crippen molar-refractivity contribution in [1.29, 1.82) is 0 Å². The molecule has 4 nitrogen and oxygen atoms in total. The van der Waals surface area contributed by atoms with E-state index in [1.807, 2.05) is 0 Å². The van der Waals surface area contributed by atoms with Crippen molar-refractivity contribution in [1.82, 2.24) is 4.57 Å². The highest BCUT2D eigenvalue weighted by Gasteiger charge is 2.03. The summed E-state index contributed by atoms with van der Waals surface area (Å²) in [4.78, 5) is 22.7. The van der Waals surface area contributed by atoms with Crippen molar-refractivity contribution in [2.45, 2.75) is 6.54 Å². The minimum Gasteiger partial charge on any atom is -0.366 e. The molecular weight excluding hydrogens is 296 g/mol. The molecule has 2 aromatic rings. The van der Waals surface area contributed by atoms with E-state index < -0.39 is 5.91 Å². The molecule has 0 aliphatic heterocycles. The molecule has 2 rings (SSSR count). The second-order valence-electron chi connectivity index (χ2n) is 3.85. The van der Waals surface area contributed by atoms with Crippen LogP contribution in [0.15, 0.2) is 51.9 Å². The monoisotopic (exact) mass is 306 g/mol. The maximum absolute atomic E-state index is 11.8. The number of nitrogens with zero attached hydrogens (tertiary/aromatic N) is 1. The summed E-state index contributed by atoms with van der Waals surface area (Å²) in [6.07, 6.45) is 1.72. The molecule has 1 aromatic heterocycles. The first-order valence-electron chi connectivity index (χ1n) is 5.31. The van der Waals surface area contributed by atoms with E-state index in [2.05, 4.69) is 15.9 Å². The third kappa shape index (κ3) is 2.68. The Morgan fingerprint density at radius 1 is 1.22 bits per heavy atom. The summed E-state index contributed by atoms with van der Waals surface area (Å²) in [6.45, 7) is 0.456. The highest BCUT2D eigenvalue weighted by atomic mass is 79.9. The molecule has 1 heterocycles. The number of carbonyl (C=O) groups is 1. The van der Waals surface area contributed by atoms with Crippen LogP contribution in [-0.4, -0.2) is 10.5 Å². The molecule has 0 saturated heterocycles. The summed E-state index contributed by atoms with van der Waals surface area (Å²) >= 11 is 3.20. The number of hydrogen-bond acceptors (Lipinski definition) is 2. The quantitative estimate of drug-likeness (QED) is 0.939. The van der Waals surface area contributed by atoms with Gasteiger partial charge in [-0.15, -0.1) is 0 Å². The maximum atomic E-state index is 11.8. The molecular formula is C13H11BrN2O2. The van der Waals surface area contributed by atoms with Gasteiger partial charge in [0.1, 0.15) is 0 Å². The lowest BCUT2D eigenvalue weighted by atomic mass is 10.1. The van der Waals surface area contributed by atoms with Gasteiger partial charge in [-0.25, -0.2) is 0 Å². The van der Waals surface area contributed by atoms with Crippen LogP contribution in [-0.2, 0) is 6.54 Å². The van der Waals surface area contributed by atoms with Gasteiger partial charge in [0, 0.05) is 11.8 Å². The molecule has 18 heavy (non-hydrogen) atoms. The molecule has 0 bridgehead atoms. The highest BCUT2D eigenvalue weighted by molar-refractivity contribution is 9.10. The van der Waals surface area contributed by atoms with Gasteiger partial charge in [-0.1, -0.05) is 12.1 Å². The molecule has 5 heteroatoms. The lowest BCUT2D eigenvalue weighted by Gasteiger charge is -2.06. The van der Waals surface area contributed by atoms with Crippen LogP contribution in [0.2, 0.25) is 0 Å². The van der Waals surface area contributed by atoms with Crippen LogP contribution in [0.5, 0.6) is 0 Å². The zero-order valence-electron chi connectivity index (χ0n) is 9.47.